The number of esters is 1. The van der Waals surface area contributed by atoms with E-state index in [1.807, 2.05) is 0 Å². The number of nitrogens with one attached hydrogen (secondary N) is 2. The van der Waals surface area contributed by atoms with E-state index >= 15 is 0 Å². The summed E-state index contributed by atoms with van der Waals surface area (Å²) in [7, 11) is 1.36. The van der Waals surface area contributed by atoms with Gasteiger partial charge in [-0.1, -0.05) is 13.2 Å². The quantitative estimate of drug-likeness (QED) is 0.120. The molecule has 0 aliphatic heterocycles. The molecule has 0 aromatic heterocycles. The molecule has 1 amide bonds. The number of nitro groups is 1. The van der Waals surface area contributed by atoms with Gasteiger partial charge >= 0.3 is 5.97 Å². The van der Waals surface area contributed by atoms with Gasteiger partial charge in [-0.25, -0.2) is 4.79 Å². The summed E-state index contributed by atoms with van der Waals surface area (Å²) >= 11 is 0. The molecule has 0 atom stereocenters. The van der Waals surface area contributed by atoms with Crippen LogP contribution in [-0.4, -0.2) is 42.8 Å². The van der Waals surface area contributed by atoms with E-state index in [2.05, 4.69) is 29.0 Å². The smallest absolute Gasteiger partial charge is 0.330 e. The lowest BCUT2D eigenvalue weighted by molar-refractivity contribution is -0.384. The fourth-order valence-corrected chi connectivity index (χ4v) is 2.53. The predicted molar refractivity (Wildman–Crippen MR) is 127 cm³/mol. The number of hydrogen-bond acceptors (Lipinski definition) is 9. The van der Waals surface area contributed by atoms with E-state index in [0.29, 0.717) is 22.7 Å². The van der Waals surface area contributed by atoms with Crippen LogP contribution in [0.2, 0.25) is 0 Å². The number of rotatable bonds is 12. The number of nitrogens with zero attached hydrogens (tertiary/aromatic N) is 2. The van der Waals surface area contributed by atoms with E-state index in [4.69, 9.17) is 14.2 Å². The summed E-state index contributed by atoms with van der Waals surface area (Å²) in [6.45, 7) is 8.93. The van der Waals surface area contributed by atoms with Gasteiger partial charge in [0, 0.05) is 17.8 Å². The lowest BCUT2D eigenvalue weighted by atomic mass is 10.2. The van der Waals surface area contributed by atoms with Crippen molar-refractivity contribution < 1.29 is 28.7 Å². The van der Waals surface area contributed by atoms with Gasteiger partial charge in [0.25, 0.3) is 11.6 Å². The Bertz CT molecular complexity index is 1110. The third-order valence-corrected chi connectivity index (χ3v) is 4.18. The first kappa shape index (κ1) is 25.6. The van der Waals surface area contributed by atoms with Crippen LogP contribution < -0.4 is 20.2 Å². The van der Waals surface area contributed by atoms with Crippen molar-refractivity contribution in [3.05, 3.63) is 77.4 Å². The van der Waals surface area contributed by atoms with Crippen LogP contribution in [0.15, 0.2) is 72.4 Å². The molecule has 11 heteroatoms. The molecule has 0 saturated heterocycles. The van der Waals surface area contributed by atoms with Gasteiger partial charge in [-0.15, -0.1) is 0 Å². The van der Waals surface area contributed by atoms with Gasteiger partial charge in [-0.2, -0.15) is 5.10 Å². The SMILES string of the molecule is C=CC(=O)OCCOc1ccc(NC(=O)/C(=N\Nc2ccc([N+](=O)[O-])cc2OC)C(=C)C)cc1. The van der Waals surface area contributed by atoms with E-state index in [-0.39, 0.29) is 30.4 Å². The van der Waals surface area contributed by atoms with Crippen LogP contribution in [0.3, 0.4) is 0 Å². The second kappa shape index (κ2) is 12.4. The highest BCUT2D eigenvalue weighted by molar-refractivity contribution is 6.48. The third kappa shape index (κ3) is 7.48. The molecular weight excluding hydrogens is 444 g/mol. The second-order valence-corrected chi connectivity index (χ2v) is 6.69. The highest BCUT2D eigenvalue weighted by Crippen LogP contribution is 2.29. The summed E-state index contributed by atoms with van der Waals surface area (Å²) in [5.41, 5.74) is 3.77. The molecule has 2 N–H and O–H groups in total. The lowest BCUT2D eigenvalue weighted by Gasteiger charge is -2.11. The molecule has 0 aliphatic carbocycles. The molecular formula is C23H24N4O7. The summed E-state index contributed by atoms with van der Waals surface area (Å²) in [6, 6.07) is 10.5. The van der Waals surface area contributed by atoms with Crippen molar-refractivity contribution in [2.24, 2.45) is 5.10 Å². The molecule has 0 radical (unpaired) electrons. The standard InChI is InChI=1S/C23H24N4O7/c1-5-21(28)34-13-12-33-18-9-6-16(7-10-18)24-23(29)22(15(2)3)26-25-19-11-8-17(27(30)31)14-20(19)32-4/h5-11,14,25H,1-2,12-13H2,3-4H3,(H,24,29)/b26-22-. The van der Waals surface area contributed by atoms with Crippen molar-refractivity contribution in [3.63, 3.8) is 0 Å². The Kier molecular flexibility index (Phi) is 9.32. The zero-order chi connectivity index (χ0) is 25.1. The van der Waals surface area contributed by atoms with Crippen LogP contribution in [0, 0.1) is 10.1 Å². The van der Waals surface area contributed by atoms with E-state index in [1.54, 1.807) is 31.2 Å². The molecule has 178 valence electrons. The maximum Gasteiger partial charge on any atom is 0.330 e. The monoisotopic (exact) mass is 468 g/mol. The van der Waals surface area contributed by atoms with Crippen molar-refractivity contribution in [2.75, 3.05) is 31.1 Å². The van der Waals surface area contributed by atoms with Gasteiger partial charge in [-0.05, 0) is 42.8 Å². The number of carbonyl (C=O) groups is 2. The number of hydrazone groups is 1. The first-order valence-electron chi connectivity index (χ1n) is 9.90. The van der Waals surface area contributed by atoms with Crippen LogP contribution in [0.25, 0.3) is 0 Å². The topological polar surface area (TPSA) is 141 Å². The van der Waals surface area contributed by atoms with Crippen molar-refractivity contribution >= 4 is 34.7 Å². The zero-order valence-corrected chi connectivity index (χ0v) is 18.7. The van der Waals surface area contributed by atoms with Crippen molar-refractivity contribution in [1.29, 1.82) is 0 Å². The van der Waals surface area contributed by atoms with E-state index < -0.39 is 16.8 Å². The minimum Gasteiger partial charge on any atom is -0.494 e. The Balaban J connectivity index is 2.03. The molecule has 0 saturated carbocycles. The molecule has 0 spiro atoms. The first-order chi connectivity index (χ1) is 16.2. The van der Waals surface area contributed by atoms with Crippen LogP contribution in [0.1, 0.15) is 6.92 Å². The normalized spacial score (nSPS) is 10.6. The number of non-ortho nitro benzene ring substituents is 1. The fourth-order valence-electron chi connectivity index (χ4n) is 2.53. The molecule has 0 bridgehead atoms. The molecule has 2 rings (SSSR count). The van der Waals surface area contributed by atoms with E-state index in [1.165, 1.54) is 25.3 Å². The number of nitro benzene ring substituents is 1. The lowest BCUT2D eigenvalue weighted by Crippen LogP contribution is -2.24. The van der Waals surface area contributed by atoms with E-state index in [0.717, 1.165) is 6.08 Å². The Labute approximate surface area is 195 Å². The van der Waals surface area contributed by atoms with Gasteiger partial charge in [-0.3, -0.25) is 20.3 Å². The Morgan fingerprint density at radius 2 is 1.88 bits per heavy atom. The van der Waals surface area contributed by atoms with Crippen molar-refractivity contribution in [1.82, 2.24) is 0 Å². The van der Waals surface area contributed by atoms with Crippen LogP contribution in [0.5, 0.6) is 11.5 Å². The van der Waals surface area contributed by atoms with Crippen LogP contribution in [0.4, 0.5) is 17.1 Å². The molecule has 0 heterocycles. The fraction of sp³-hybridized carbons (Fsp3) is 0.174. The van der Waals surface area contributed by atoms with Crippen LogP contribution >= 0.6 is 0 Å². The number of ether oxygens (including phenoxy) is 3. The van der Waals surface area contributed by atoms with Gasteiger partial charge in [0.15, 0.2) is 11.5 Å². The average molecular weight is 468 g/mol. The average Bonchev–Trinajstić information content (AvgIpc) is 2.82. The number of methoxy groups -OCH3 is 1. The molecule has 11 nitrogen and oxygen atoms in total. The second-order valence-electron chi connectivity index (χ2n) is 6.69. The largest absolute Gasteiger partial charge is 0.494 e. The number of benzene rings is 2. The minimum atomic E-state index is -0.545. The summed E-state index contributed by atoms with van der Waals surface area (Å²) < 4.78 is 15.4. The summed E-state index contributed by atoms with van der Waals surface area (Å²) in [5, 5.41) is 17.7. The van der Waals surface area contributed by atoms with Crippen LogP contribution in [-0.2, 0) is 14.3 Å². The highest BCUT2D eigenvalue weighted by atomic mass is 16.6. The van der Waals surface area contributed by atoms with Gasteiger partial charge in [0.1, 0.15) is 19.0 Å². The summed E-state index contributed by atoms with van der Waals surface area (Å²) in [5.74, 6) is -0.341. The minimum absolute atomic E-state index is 0.0183. The van der Waals surface area contributed by atoms with Gasteiger partial charge in [0.05, 0.1) is 23.8 Å². The summed E-state index contributed by atoms with van der Waals surface area (Å²) in [6.07, 6.45) is 1.07. The number of anilines is 2. The molecule has 0 unspecified atom stereocenters. The number of carbonyl (C=O) groups excluding carboxylic acids is 2. The number of amides is 1. The predicted octanol–water partition coefficient (Wildman–Crippen LogP) is 3.69. The Hall–Kier alpha value is -4.67. The molecule has 0 aliphatic rings. The van der Waals surface area contributed by atoms with Crippen molar-refractivity contribution in [3.8, 4) is 11.5 Å². The molecule has 2 aromatic rings. The first-order valence-corrected chi connectivity index (χ1v) is 9.90. The Morgan fingerprint density at radius 1 is 1.18 bits per heavy atom. The molecule has 34 heavy (non-hydrogen) atoms. The molecule has 0 fully saturated rings. The molecule has 2 aromatic carbocycles. The van der Waals surface area contributed by atoms with E-state index in [9.17, 15) is 19.7 Å². The highest BCUT2D eigenvalue weighted by Gasteiger charge is 2.15. The number of hydrogen-bond donors (Lipinski definition) is 2. The van der Waals surface area contributed by atoms with Gasteiger partial charge in [0.2, 0.25) is 0 Å². The summed E-state index contributed by atoms with van der Waals surface area (Å²) in [4.78, 5) is 34.1. The zero-order valence-electron chi connectivity index (χ0n) is 18.7. The Morgan fingerprint density at radius 3 is 2.47 bits per heavy atom. The third-order valence-electron chi connectivity index (χ3n) is 4.18. The van der Waals surface area contributed by atoms with Gasteiger partial charge < -0.3 is 19.5 Å². The maximum absolute atomic E-state index is 12.7. The van der Waals surface area contributed by atoms with Crippen molar-refractivity contribution in [2.45, 2.75) is 6.92 Å². The maximum atomic E-state index is 12.7.